The van der Waals surface area contributed by atoms with Gasteiger partial charge in [-0.25, -0.2) is 0 Å². The van der Waals surface area contributed by atoms with E-state index in [2.05, 4.69) is 151 Å². The van der Waals surface area contributed by atoms with Crippen molar-refractivity contribution in [2.75, 3.05) is 0 Å². The van der Waals surface area contributed by atoms with Gasteiger partial charge in [0.05, 0.1) is 0 Å². The van der Waals surface area contributed by atoms with Crippen molar-refractivity contribution in [1.29, 1.82) is 0 Å². The fourth-order valence-electron chi connectivity index (χ4n) is 4.63. The highest BCUT2D eigenvalue weighted by Crippen LogP contribution is 2.36. The van der Waals surface area contributed by atoms with Crippen LogP contribution in [0, 0.1) is 0 Å². The summed E-state index contributed by atoms with van der Waals surface area (Å²) in [6.45, 7) is 13.5. The quantitative estimate of drug-likeness (QED) is 0.230. The lowest BCUT2D eigenvalue weighted by Crippen LogP contribution is -2.10. The molecule has 0 atom stereocenters. The molecule has 4 aromatic carbocycles. The van der Waals surface area contributed by atoms with Crippen LogP contribution in [-0.2, 0) is 10.8 Å². The van der Waals surface area contributed by atoms with Gasteiger partial charge < -0.3 is 0 Å². The Morgan fingerprint density at radius 3 is 0.838 bits per heavy atom. The molecule has 0 saturated carbocycles. The fraction of sp³-hybridized carbons (Fsp3) is 0.222. The summed E-state index contributed by atoms with van der Waals surface area (Å²) in [5, 5.41) is 0. The zero-order chi connectivity index (χ0) is 26.2. The maximum atomic E-state index is 2.26. The summed E-state index contributed by atoms with van der Waals surface area (Å²) in [5.41, 5.74) is 10.7. The zero-order valence-electron chi connectivity index (χ0n) is 22.8. The molecule has 0 saturated heterocycles. The van der Waals surface area contributed by atoms with Crippen LogP contribution in [0.25, 0.3) is 43.1 Å². The first kappa shape index (κ1) is 25.2. The molecule has 0 unspecified atom stereocenters. The van der Waals surface area contributed by atoms with E-state index in [-0.39, 0.29) is 10.8 Å². The fourth-order valence-corrected chi connectivity index (χ4v) is 5.64. The first-order chi connectivity index (χ1) is 17.6. The molecule has 5 rings (SSSR count). The van der Waals surface area contributed by atoms with Crippen molar-refractivity contribution in [3.63, 3.8) is 0 Å². The molecule has 1 aromatic heterocycles. The molecular weight excluding hydrogens is 464 g/mol. The summed E-state index contributed by atoms with van der Waals surface area (Å²) in [5.74, 6) is 0. The van der Waals surface area contributed by atoms with E-state index in [1.54, 1.807) is 0 Å². The SMILES string of the molecule is CC(C)(C)c1ccc(-c2ccc(-c3ccc(-c4ccc(-c5ccc(C(C)(C)C)cc5)cc4)s3)cc2)cc1. The first-order valence-corrected chi connectivity index (χ1v) is 13.9. The van der Waals surface area contributed by atoms with Gasteiger partial charge in [-0.15, -0.1) is 11.3 Å². The number of benzene rings is 4. The van der Waals surface area contributed by atoms with Gasteiger partial charge in [-0.05, 0) is 67.5 Å². The standard InChI is InChI=1S/C36H36S/c1-35(2,3)31-19-15-27(16-20-31)25-7-11-29(12-8-25)33-23-24-34(37-33)30-13-9-26(10-14-30)28-17-21-32(22-18-28)36(4,5)6/h7-24H,1-6H3. The lowest BCUT2D eigenvalue weighted by molar-refractivity contribution is 0.590. The van der Waals surface area contributed by atoms with Crippen molar-refractivity contribution in [2.24, 2.45) is 0 Å². The number of thiophene rings is 1. The Morgan fingerprint density at radius 2 is 0.568 bits per heavy atom. The number of rotatable bonds is 4. The minimum absolute atomic E-state index is 0.178. The van der Waals surface area contributed by atoms with Gasteiger partial charge in [0.25, 0.3) is 0 Å². The van der Waals surface area contributed by atoms with Crippen LogP contribution in [0.4, 0.5) is 0 Å². The third kappa shape index (κ3) is 5.63. The van der Waals surface area contributed by atoms with Crippen LogP contribution in [0.3, 0.4) is 0 Å². The van der Waals surface area contributed by atoms with Crippen LogP contribution < -0.4 is 0 Å². The van der Waals surface area contributed by atoms with Gasteiger partial charge in [-0.1, -0.05) is 139 Å². The molecule has 0 aliphatic rings. The third-order valence-corrected chi connectivity index (χ3v) is 8.30. The zero-order valence-corrected chi connectivity index (χ0v) is 23.6. The Bertz CT molecular complexity index is 1350. The second-order valence-corrected chi connectivity index (χ2v) is 13.1. The van der Waals surface area contributed by atoms with Crippen LogP contribution in [0.2, 0.25) is 0 Å². The average molecular weight is 501 g/mol. The molecule has 0 fully saturated rings. The molecular formula is C36H36S. The van der Waals surface area contributed by atoms with E-state index in [1.807, 2.05) is 11.3 Å². The lowest BCUT2D eigenvalue weighted by atomic mass is 9.86. The Morgan fingerprint density at radius 1 is 0.324 bits per heavy atom. The van der Waals surface area contributed by atoms with Gasteiger partial charge in [-0.3, -0.25) is 0 Å². The van der Waals surface area contributed by atoms with Crippen molar-refractivity contribution in [2.45, 2.75) is 52.4 Å². The van der Waals surface area contributed by atoms with Crippen LogP contribution in [0.1, 0.15) is 52.7 Å². The lowest BCUT2D eigenvalue weighted by Gasteiger charge is -2.19. The molecule has 1 heterocycles. The highest BCUT2D eigenvalue weighted by atomic mass is 32.1. The summed E-state index contributed by atoms with van der Waals surface area (Å²) >= 11 is 1.85. The number of hydrogen-bond acceptors (Lipinski definition) is 1. The molecule has 0 aliphatic carbocycles. The normalized spacial score (nSPS) is 12.1. The average Bonchev–Trinajstić information content (AvgIpc) is 3.39. The third-order valence-electron chi connectivity index (χ3n) is 7.11. The molecule has 0 spiro atoms. The highest BCUT2D eigenvalue weighted by molar-refractivity contribution is 7.18. The van der Waals surface area contributed by atoms with Crippen molar-refractivity contribution >= 4 is 11.3 Å². The van der Waals surface area contributed by atoms with Crippen LogP contribution in [0.15, 0.2) is 109 Å². The van der Waals surface area contributed by atoms with Crippen LogP contribution in [0.5, 0.6) is 0 Å². The van der Waals surface area contributed by atoms with E-state index in [9.17, 15) is 0 Å². The van der Waals surface area contributed by atoms with Crippen LogP contribution in [-0.4, -0.2) is 0 Å². The van der Waals surface area contributed by atoms with E-state index < -0.39 is 0 Å². The molecule has 1 heteroatoms. The predicted molar refractivity (Wildman–Crippen MR) is 163 cm³/mol. The summed E-state index contributed by atoms with van der Waals surface area (Å²) < 4.78 is 0. The van der Waals surface area contributed by atoms with E-state index in [0.29, 0.717) is 0 Å². The van der Waals surface area contributed by atoms with E-state index in [0.717, 1.165) is 0 Å². The Kier molecular flexibility index (Phi) is 6.68. The van der Waals surface area contributed by atoms with Gasteiger partial charge >= 0.3 is 0 Å². The maximum absolute atomic E-state index is 2.26. The minimum Gasteiger partial charge on any atom is -0.135 e. The Hall–Kier alpha value is -3.42. The smallest absolute Gasteiger partial charge is 0.0349 e. The molecule has 0 bridgehead atoms. The second-order valence-electron chi connectivity index (χ2n) is 12.0. The van der Waals surface area contributed by atoms with Crippen molar-refractivity contribution in [3.8, 4) is 43.1 Å². The van der Waals surface area contributed by atoms with E-state index >= 15 is 0 Å². The Balaban J connectivity index is 1.31. The summed E-state index contributed by atoms with van der Waals surface area (Å²) in [4.78, 5) is 2.60. The highest BCUT2D eigenvalue weighted by Gasteiger charge is 2.14. The molecule has 0 N–H and O–H groups in total. The summed E-state index contributed by atoms with van der Waals surface area (Å²) in [6, 6.07) is 40.4. The molecule has 37 heavy (non-hydrogen) atoms. The molecule has 0 radical (unpaired) electrons. The molecule has 186 valence electrons. The molecule has 5 aromatic rings. The largest absolute Gasteiger partial charge is 0.135 e. The van der Waals surface area contributed by atoms with Gasteiger partial charge in [0.2, 0.25) is 0 Å². The maximum Gasteiger partial charge on any atom is 0.0349 e. The number of hydrogen-bond donors (Lipinski definition) is 0. The predicted octanol–water partition coefficient (Wildman–Crippen LogP) is 11.0. The second kappa shape index (κ2) is 9.80. The molecule has 0 nitrogen and oxygen atoms in total. The summed E-state index contributed by atoms with van der Waals surface area (Å²) in [7, 11) is 0. The van der Waals surface area contributed by atoms with Crippen molar-refractivity contribution in [1.82, 2.24) is 0 Å². The van der Waals surface area contributed by atoms with Crippen molar-refractivity contribution in [3.05, 3.63) is 120 Å². The summed E-state index contributed by atoms with van der Waals surface area (Å²) in [6.07, 6.45) is 0. The van der Waals surface area contributed by atoms with E-state index in [1.165, 1.54) is 54.3 Å². The van der Waals surface area contributed by atoms with Gasteiger partial charge in [0, 0.05) is 9.75 Å². The topological polar surface area (TPSA) is 0 Å². The van der Waals surface area contributed by atoms with Gasteiger partial charge in [0.1, 0.15) is 0 Å². The Labute approximate surface area is 226 Å². The van der Waals surface area contributed by atoms with Gasteiger partial charge in [-0.2, -0.15) is 0 Å². The molecule has 0 aliphatic heterocycles. The van der Waals surface area contributed by atoms with Crippen LogP contribution >= 0.6 is 11.3 Å². The van der Waals surface area contributed by atoms with Crippen molar-refractivity contribution < 1.29 is 0 Å². The molecule has 0 amide bonds. The van der Waals surface area contributed by atoms with Gasteiger partial charge in [0.15, 0.2) is 0 Å². The monoisotopic (exact) mass is 500 g/mol. The van der Waals surface area contributed by atoms with E-state index in [4.69, 9.17) is 0 Å². The minimum atomic E-state index is 0.178. The first-order valence-electron chi connectivity index (χ1n) is 13.1.